The van der Waals surface area contributed by atoms with Gasteiger partial charge in [-0.3, -0.25) is 0 Å². The van der Waals surface area contributed by atoms with Gasteiger partial charge in [0, 0.05) is 19.1 Å². The van der Waals surface area contributed by atoms with Gasteiger partial charge in [-0.25, -0.2) is 9.78 Å². The van der Waals surface area contributed by atoms with Crippen LogP contribution in [-0.4, -0.2) is 40.4 Å². The van der Waals surface area contributed by atoms with Crippen molar-refractivity contribution in [1.29, 1.82) is 0 Å². The van der Waals surface area contributed by atoms with Crippen LogP contribution in [-0.2, 0) is 11.3 Å². The van der Waals surface area contributed by atoms with Crippen LogP contribution in [0.5, 0.6) is 0 Å². The summed E-state index contributed by atoms with van der Waals surface area (Å²) >= 11 is 12.4. The Morgan fingerprint density at radius 3 is 2.70 bits per heavy atom. The molecule has 1 atom stereocenters. The lowest BCUT2D eigenvalue weighted by Crippen LogP contribution is -2.48. The first kappa shape index (κ1) is 23.7. The van der Waals surface area contributed by atoms with E-state index in [9.17, 15) is 4.79 Å². The average molecular weight is 489 g/mol. The minimum Gasteiger partial charge on any atom is -0.444 e. The lowest BCUT2D eigenvalue weighted by molar-refractivity contribution is 0.0522. The molecule has 33 heavy (non-hydrogen) atoms. The van der Waals surface area contributed by atoms with Gasteiger partial charge in [-0.15, -0.1) is 0 Å². The lowest BCUT2D eigenvalue weighted by Gasteiger charge is -2.37. The fraction of sp³-hybridized carbons (Fsp3) is 0.440. The number of ether oxygens (including phenoxy) is 1. The first-order valence-corrected chi connectivity index (χ1v) is 12.1. The van der Waals surface area contributed by atoms with Crippen molar-refractivity contribution < 1.29 is 9.53 Å². The van der Waals surface area contributed by atoms with Crippen LogP contribution >= 0.6 is 23.2 Å². The highest BCUT2D eigenvalue weighted by atomic mass is 35.5. The number of aromatic nitrogens is 2. The second-order valence-electron chi connectivity index (χ2n) is 9.46. The van der Waals surface area contributed by atoms with Gasteiger partial charge in [0.2, 0.25) is 5.95 Å². The monoisotopic (exact) mass is 488 g/mol. The van der Waals surface area contributed by atoms with E-state index in [1.54, 1.807) is 0 Å². The Balaban J connectivity index is 1.63. The van der Waals surface area contributed by atoms with Crippen LogP contribution in [0.3, 0.4) is 0 Å². The van der Waals surface area contributed by atoms with Gasteiger partial charge >= 0.3 is 6.09 Å². The quantitative estimate of drug-likeness (QED) is 0.459. The smallest absolute Gasteiger partial charge is 0.407 e. The van der Waals surface area contributed by atoms with Gasteiger partial charge in [0.1, 0.15) is 5.60 Å². The second-order valence-corrected chi connectivity index (χ2v) is 10.3. The van der Waals surface area contributed by atoms with Crippen LogP contribution in [0.15, 0.2) is 42.5 Å². The van der Waals surface area contributed by atoms with E-state index in [0.717, 1.165) is 48.4 Å². The van der Waals surface area contributed by atoms with Crippen LogP contribution in [0, 0.1) is 0 Å². The molecule has 1 saturated heterocycles. The number of nitrogens with one attached hydrogen (secondary N) is 1. The van der Waals surface area contributed by atoms with Crippen LogP contribution in [0.4, 0.5) is 10.7 Å². The summed E-state index contributed by atoms with van der Waals surface area (Å²) in [6.45, 7) is 7.60. The Bertz CT molecular complexity index is 1140. The number of imidazole rings is 1. The van der Waals surface area contributed by atoms with Gasteiger partial charge < -0.3 is 19.5 Å². The topological polar surface area (TPSA) is 59.4 Å². The van der Waals surface area contributed by atoms with Crippen molar-refractivity contribution in [3.05, 3.63) is 58.1 Å². The van der Waals surface area contributed by atoms with Crippen LogP contribution in [0.25, 0.3) is 11.0 Å². The molecule has 2 aromatic carbocycles. The fourth-order valence-electron chi connectivity index (χ4n) is 4.25. The molecular formula is C25H30Cl2N4O2. The SMILES string of the molecule is CC(C)(C)OC(=O)NC[C@@H]1CCCCN1c1nc2ccccc2n1Cc1ccc(Cl)c(Cl)c1. The summed E-state index contributed by atoms with van der Waals surface area (Å²) in [6, 6.07) is 14.0. The predicted octanol–water partition coefficient (Wildman–Crippen LogP) is 6.28. The van der Waals surface area contributed by atoms with E-state index in [4.69, 9.17) is 32.9 Å². The molecule has 0 unspecified atom stereocenters. The molecule has 1 amide bonds. The molecule has 4 rings (SSSR count). The number of carbonyl (C=O) groups is 1. The van der Waals surface area contributed by atoms with E-state index in [-0.39, 0.29) is 6.04 Å². The standard InChI is InChI=1S/C25H30Cl2N4O2/c1-25(2,3)33-24(32)28-15-18-8-6-7-13-30(18)23-29-21-9-4-5-10-22(21)31(23)16-17-11-12-19(26)20(27)14-17/h4-5,9-12,14,18H,6-8,13,15-16H2,1-3H3,(H,28,32)/t18-/m0/s1. The van der Waals surface area contributed by atoms with Gasteiger partial charge in [-0.05, 0) is 69.9 Å². The number of hydrogen-bond donors (Lipinski definition) is 1. The van der Waals surface area contributed by atoms with Crippen molar-refractivity contribution in [3.63, 3.8) is 0 Å². The second kappa shape index (κ2) is 9.82. The molecule has 1 aromatic heterocycles. The van der Waals surface area contributed by atoms with E-state index in [1.807, 2.05) is 57.2 Å². The normalized spacial score (nSPS) is 16.8. The van der Waals surface area contributed by atoms with Crippen LogP contribution in [0.1, 0.15) is 45.6 Å². The summed E-state index contributed by atoms with van der Waals surface area (Å²) in [5, 5.41) is 4.03. The molecule has 3 aromatic rings. The summed E-state index contributed by atoms with van der Waals surface area (Å²) in [5.74, 6) is 0.901. The maximum absolute atomic E-state index is 12.3. The van der Waals surface area contributed by atoms with E-state index in [1.165, 1.54) is 0 Å². The first-order valence-electron chi connectivity index (χ1n) is 11.3. The Morgan fingerprint density at radius 1 is 1.15 bits per heavy atom. The fourth-order valence-corrected chi connectivity index (χ4v) is 4.57. The highest BCUT2D eigenvalue weighted by Crippen LogP contribution is 2.30. The third-order valence-corrected chi connectivity index (χ3v) is 6.46. The Labute approximate surface area is 204 Å². The maximum Gasteiger partial charge on any atom is 0.407 e. The Morgan fingerprint density at radius 2 is 1.94 bits per heavy atom. The van der Waals surface area contributed by atoms with Gasteiger partial charge in [0.05, 0.1) is 27.6 Å². The number of fused-ring (bicyclic) bond motifs is 1. The predicted molar refractivity (Wildman–Crippen MR) is 135 cm³/mol. The highest BCUT2D eigenvalue weighted by Gasteiger charge is 2.28. The molecule has 176 valence electrons. The van der Waals surface area contributed by atoms with Gasteiger partial charge in [0.25, 0.3) is 0 Å². The Hall–Kier alpha value is -2.44. The average Bonchev–Trinajstić information content (AvgIpc) is 3.12. The third-order valence-electron chi connectivity index (χ3n) is 5.72. The molecule has 1 aliphatic rings. The molecule has 0 bridgehead atoms. The number of alkyl carbamates (subject to hydrolysis) is 1. The number of rotatable bonds is 5. The first-order chi connectivity index (χ1) is 15.7. The summed E-state index contributed by atoms with van der Waals surface area (Å²) < 4.78 is 7.65. The van der Waals surface area contributed by atoms with Crippen LogP contribution < -0.4 is 10.2 Å². The van der Waals surface area contributed by atoms with Crippen molar-refractivity contribution in [1.82, 2.24) is 14.9 Å². The number of anilines is 1. The molecule has 0 saturated carbocycles. The number of nitrogens with zero attached hydrogens (tertiary/aromatic N) is 3. The number of halogens is 2. The molecular weight excluding hydrogens is 459 g/mol. The summed E-state index contributed by atoms with van der Waals surface area (Å²) in [6.07, 6.45) is 2.78. The Kier molecular flexibility index (Phi) is 7.05. The molecule has 0 spiro atoms. The number of carbonyl (C=O) groups excluding carboxylic acids is 1. The summed E-state index contributed by atoms with van der Waals surface area (Å²) in [7, 11) is 0. The van der Waals surface area contributed by atoms with Crippen molar-refractivity contribution in [2.45, 2.75) is 58.2 Å². The van der Waals surface area contributed by atoms with Crippen molar-refractivity contribution in [3.8, 4) is 0 Å². The van der Waals surface area contributed by atoms with Gasteiger partial charge in [-0.1, -0.05) is 41.4 Å². The van der Waals surface area contributed by atoms with E-state index < -0.39 is 11.7 Å². The van der Waals surface area contributed by atoms with E-state index >= 15 is 0 Å². The molecule has 0 aliphatic carbocycles. The van der Waals surface area contributed by atoms with E-state index in [0.29, 0.717) is 23.1 Å². The summed E-state index contributed by atoms with van der Waals surface area (Å²) in [5.41, 5.74) is 2.53. The number of piperidine rings is 1. The third kappa shape index (κ3) is 5.74. The zero-order valence-electron chi connectivity index (χ0n) is 19.3. The number of para-hydroxylation sites is 2. The molecule has 1 fully saturated rings. The summed E-state index contributed by atoms with van der Waals surface area (Å²) in [4.78, 5) is 19.6. The lowest BCUT2D eigenvalue weighted by atomic mass is 10.0. The van der Waals surface area contributed by atoms with E-state index in [2.05, 4.69) is 20.9 Å². The minimum atomic E-state index is -0.524. The zero-order chi connectivity index (χ0) is 23.6. The van der Waals surface area contributed by atoms with Crippen LogP contribution in [0.2, 0.25) is 10.0 Å². The minimum absolute atomic E-state index is 0.135. The number of hydrogen-bond acceptors (Lipinski definition) is 4. The molecule has 1 N–H and O–H groups in total. The molecule has 1 aliphatic heterocycles. The molecule has 6 nitrogen and oxygen atoms in total. The largest absolute Gasteiger partial charge is 0.444 e. The molecule has 2 heterocycles. The highest BCUT2D eigenvalue weighted by molar-refractivity contribution is 6.42. The van der Waals surface area contributed by atoms with Crippen molar-refractivity contribution >= 4 is 46.3 Å². The number of amides is 1. The zero-order valence-corrected chi connectivity index (χ0v) is 20.8. The molecule has 0 radical (unpaired) electrons. The number of benzene rings is 2. The van der Waals surface area contributed by atoms with Crippen molar-refractivity contribution in [2.75, 3.05) is 18.0 Å². The molecule has 8 heteroatoms. The van der Waals surface area contributed by atoms with Gasteiger partial charge in [0.15, 0.2) is 0 Å². The maximum atomic E-state index is 12.3. The van der Waals surface area contributed by atoms with Crippen molar-refractivity contribution in [2.24, 2.45) is 0 Å². The van der Waals surface area contributed by atoms with Gasteiger partial charge in [-0.2, -0.15) is 0 Å².